The molecule has 82 valence electrons. The second kappa shape index (κ2) is 4.71. The van der Waals surface area contributed by atoms with Crippen LogP contribution in [0.1, 0.15) is 18.4 Å². The van der Waals surface area contributed by atoms with E-state index < -0.39 is 0 Å². The topological polar surface area (TPSA) is 46.3 Å². The summed E-state index contributed by atoms with van der Waals surface area (Å²) in [6.45, 7) is 1.37. The molecule has 3 nitrogen and oxygen atoms in total. The molecule has 2 N–H and O–H groups in total. The predicted octanol–water partition coefficient (Wildman–Crippen LogP) is 1.24. The summed E-state index contributed by atoms with van der Waals surface area (Å²) < 4.78 is 0. The minimum absolute atomic E-state index is 0.214. The molecule has 0 aliphatic carbocycles. The molecule has 0 unspecified atom stereocenters. The Morgan fingerprint density at radius 2 is 2.06 bits per heavy atom. The highest BCUT2D eigenvalue weighted by Crippen LogP contribution is 2.08. The van der Waals surface area contributed by atoms with Crippen LogP contribution in [0, 0.1) is 11.8 Å². The van der Waals surface area contributed by atoms with Crippen LogP contribution >= 0.6 is 0 Å². The van der Waals surface area contributed by atoms with Crippen molar-refractivity contribution in [1.29, 1.82) is 0 Å². The number of nitrogens with two attached hydrogens (primary N) is 1. The van der Waals surface area contributed by atoms with E-state index in [0.29, 0.717) is 13.0 Å². The van der Waals surface area contributed by atoms with Gasteiger partial charge >= 0.3 is 0 Å². The van der Waals surface area contributed by atoms with Crippen molar-refractivity contribution >= 4 is 11.6 Å². The van der Waals surface area contributed by atoms with E-state index in [1.54, 1.807) is 4.90 Å². The normalized spacial score (nSPS) is 14.8. The molecule has 3 heteroatoms. The van der Waals surface area contributed by atoms with Gasteiger partial charge < -0.3 is 10.6 Å². The smallest absolute Gasteiger partial charge is 0.223 e. The zero-order chi connectivity index (χ0) is 11.4. The Balaban J connectivity index is 1.95. The van der Waals surface area contributed by atoms with Crippen molar-refractivity contribution in [2.75, 3.05) is 18.8 Å². The van der Waals surface area contributed by atoms with Crippen molar-refractivity contribution in [3.8, 4) is 11.8 Å². The molecule has 1 aliphatic rings. The first-order valence-corrected chi connectivity index (χ1v) is 5.38. The van der Waals surface area contributed by atoms with Crippen molar-refractivity contribution in [3.63, 3.8) is 0 Å². The van der Waals surface area contributed by atoms with E-state index in [2.05, 4.69) is 11.8 Å². The molecule has 0 saturated carbocycles. The molecule has 0 aromatic heterocycles. The molecule has 16 heavy (non-hydrogen) atoms. The van der Waals surface area contributed by atoms with Gasteiger partial charge in [0.05, 0.1) is 6.54 Å². The first-order valence-electron chi connectivity index (χ1n) is 5.38. The molecule has 1 heterocycles. The maximum atomic E-state index is 11.3. The third kappa shape index (κ3) is 2.54. The largest absolute Gasteiger partial charge is 0.399 e. The molecular formula is C13H14N2O. The van der Waals surface area contributed by atoms with Gasteiger partial charge in [-0.1, -0.05) is 11.8 Å². The van der Waals surface area contributed by atoms with Gasteiger partial charge in [-0.2, -0.15) is 0 Å². The van der Waals surface area contributed by atoms with E-state index in [4.69, 9.17) is 5.73 Å². The lowest BCUT2D eigenvalue weighted by Crippen LogP contribution is -2.24. The van der Waals surface area contributed by atoms with Gasteiger partial charge in [0.15, 0.2) is 0 Å². The molecule has 0 bridgehead atoms. The minimum Gasteiger partial charge on any atom is -0.399 e. The molecule has 1 saturated heterocycles. The van der Waals surface area contributed by atoms with Gasteiger partial charge in [0.2, 0.25) is 5.91 Å². The summed E-state index contributed by atoms with van der Waals surface area (Å²) in [5, 5.41) is 0. The van der Waals surface area contributed by atoms with Gasteiger partial charge in [0, 0.05) is 24.2 Å². The van der Waals surface area contributed by atoms with Crippen LogP contribution in [-0.4, -0.2) is 23.9 Å². The monoisotopic (exact) mass is 214 g/mol. The number of hydrogen-bond acceptors (Lipinski definition) is 2. The average Bonchev–Trinajstić information content (AvgIpc) is 2.68. The fourth-order valence-corrected chi connectivity index (χ4v) is 1.67. The Bertz CT molecular complexity index is 439. The molecule has 0 radical (unpaired) electrons. The van der Waals surface area contributed by atoms with E-state index in [1.807, 2.05) is 24.3 Å². The molecule has 0 atom stereocenters. The van der Waals surface area contributed by atoms with Gasteiger partial charge in [-0.25, -0.2) is 0 Å². The maximum Gasteiger partial charge on any atom is 0.223 e. The lowest BCUT2D eigenvalue weighted by atomic mass is 10.2. The van der Waals surface area contributed by atoms with Crippen LogP contribution in [-0.2, 0) is 4.79 Å². The van der Waals surface area contributed by atoms with Crippen LogP contribution in [0.4, 0.5) is 5.69 Å². The van der Waals surface area contributed by atoms with Crippen molar-refractivity contribution in [1.82, 2.24) is 4.90 Å². The molecule has 1 fully saturated rings. The average molecular weight is 214 g/mol. The summed E-state index contributed by atoms with van der Waals surface area (Å²) in [5.41, 5.74) is 7.24. The number of amides is 1. The number of benzene rings is 1. The summed E-state index contributed by atoms with van der Waals surface area (Å²) in [6, 6.07) is 7.41. The van der Waals surface area contributed by atoms with Crippen LogP contribution in [0.3, 0.4) is 0 Å². The molecular weight excluding hydrogens is 200 g/mol. The third-order valence-electron chi connectivity index (χ3n) is 2.58. The number of rotatable bonds is 1. The zero-order valence-electron chi connectivity index (χ0n) is 9.07. The lowest BCUT2D eigenvalue weighted by Gasteiger charge is -2.09. The molecule has 1 amide bonds. The van der Waals surface area contributed by atoms with Crippen LogP contribution in [0.5, 0.6) is 0 Å². The summed E-state index contributed by atoms with van der Waals surface area (Å²) in [4.78, 5) is 13.1. The second-order valence-corrected chi connectivity index (χ2v) is 3.84. The first-order chi connectivity index (χ1) is 7.75. The summed E-state index contributed by atoms with van der Waals surface area (Å²) in [5.74, 6) is 6.24. The van der Waals surface area contributed by atoms with Crippen molar-refractivity contribution < 1.29 is 4.79 Å². The second-order valence-electron chi connectivity index (χ2n) is 3.84. The first kappa shape index (κ1) is 10.6. The van der Waals surface area contributed by atoms with E-state index in [9.17, 15) is 4.79 Å². The van der Waals surface area contributed by atoms with Gasteiger partial charge in [0.1, 0.15) is 0 Å². The summed E-state index contributed by atoms with van der Waals surface area (Å²) in [6.07, 6.45) is 1.63. The minimum atomic E-state index is 0.214. The Labute approximate surface area is 95.2 Å². The number of likely N-dealkylation sites (tertiary alicyclic amines) is 1. The number of carbonyl (C=O) groups is 1. The standard InChI is InChI=1S/C13H14N2O/c14-12-7-5-11(6-8-12)3-1-9-15-10-2-4-13(15)16/h5-8H,2,4,9-10,14H2. The molecule has 0 spiro atoms. The summed E-state index contributed by atoms with van der Waals surface area (Å²) in [7, 11) is 0. The molecule has 1 aliphatic heterocycles. The van der Waals surface area contributed by atoms with Crippen LogP contribution < -0.4 is 5.73 Å². The molecule has 1 aromatic carbocycles. The van der Waals surface area contributed by atoms with Crippen molar-refractivity contribution in [2.24, 2.45) is 0 Å². The van der Waals surface area contributed by atoms with Gasteiger partial charge in [0.25, 0.3) is 0 Å². The zero-order valence-corrected chi connectivity index (χ0v) is 9.07. The fraction of sp³-hybridized carbons (Fsp3) is 0.308. The third-order valence-corrected chi connectivity index (χ3v) is 2.58. The van der Waals surface area contributed by atoms with E-state index in [1.165, 1.54) is 0 Å². The number of nitrogens with zero attached hydrogens (tertiary/aromatic N) is 1. The van der Waals surface area contributed by atoms with E-state index in [0.717, 1.165) is 24.2 Å². The maximum absolute atomic E-state index is 11.3. The van der Waals surface area contributed by atoms with Crippen LogP contribution in [0.25, 0.3) is 0 Å². The lowest BCUT2D eigenvalue weighted by molar-refractivity contribution is -0.127. The Morgan fingerprint density at radius 3 is 2.69 bits per heavy atom. The van der Waals surface area contributed by atoms with Gasteiger partial charge in [-0.3, -0.25) is 4.79 Å². The SMILES string of the molecule is Nc1ccc(C#CCN2CCCC2=O)cc1. The van der Waals surface area contributed by atoms with Gasteiger partial charge in [-0.05, 0) is 30.7 Å². The number of nitrogen functional groups attached to an aromatic ring is 1. The van der Waals surface area contributed by atoms with Crippen LogP contribution in [0.2, 0.25) is 0 Å². The number of carbonyl (C=O) groups excluding carboxylic acids is 1. The number of hydrogen-bond donors (Lipinski definition) is 1. The molecule has 2 rings (SSSR count). The summed E-state index contributed by atoms with van der Waals surface area (Å²) >= 11 is 0. The van der Waals surface area contributed by atoms with E-state index >= 15 is 0 Å². The number of anilines is 1. The van der Waals surface area contributed by atoms with Gasteiger partial charge in [-0.15, -0.1) is 0 Å². The highest BCUT2D eigenvalue weighted by Gasteiger charge is 2.18. The van der Waals surface area contributed by atoms with E-state index in [-0.39, 0.29) is 5.91 Å². The highest BCUT2D eigenvalue weighted by atomic mass is 16.2. The van der Waals surface area contributed by atoms with Crippen molar-refractivity contribution in [2.45, 2.75) is 12.8 Å². The predicted molar refractivity (Wildman–Crippen MR) is 63.5 cm³/mol. The fourth-order valence-electron chi connectivity index (χ4n) is 1.67. The Hall–Kier alpha value is -1.95. The molecule has 1 aromatic rings. The quantitative estimate of drug-likeness (QED) is 0.565. The Morgan fingerprint density at radius 1 is 1.31 bits per heavy atom. The van der Waals surface area contributed by atoms with Crippen molar-refractivity contribution in [3.05, 3.63) is 29.8 Å². The van der Waals surface area contributed by atoms with Crippen LogP contribution in [0.15, 0.2) is 24.3 Å². The highest BCUT2D eigenvalue weighted by molar-refractivity contribution is 5.78. The Kier molecular flexibility index (Phi) is 3.11.